The van der Waals surface area contributed by atoms with Gasteiger partial charge in [-0.3, -0.25) is 4.79 Å². The van der Waals surface area contributed by atoms with Crippen LogP contribution < -0.4 is 0 Å². The van der Waals surface area contributed by atoms with E-state index in [-0.39, 0.29) is 13.0 Å². The summed E-state index contributed by atoms with van der Waals surface area (Å²) in [7, 11) is 0. The van der Waals surface area contributed by atoms with Crippen LogP contribution in [0.3, 0.4) is 0 Å². The van der Waals surface area contributed by atoms with Crippen molar-refractivity contribution >= 4 is 39.4 Å². The van der Waals surface area contributed by atoms with Gasteiger partial charge in [0.1, 0.15) is 6.04 Å². The van der Waals surface area contributed by atoms with Crippen LogP contribution in [0.5, 0.6) is 0 Å². The fourth-order valence-corrected chi connectivity index (χ4v) is 2.98. The van der Waals surface area contributed by atoms with Crippen LogP contribution in [0.25, 0.3) is 0 Å². The Morgan fingerprint density at radius 3 is 2.63 bits per heavy atom. The lowest BCUT2D eigenvalue weighted by molar-refractivity contribution is -0.141. The lowest BCUT2D eigenvalue weighted by Gasteiger charge is -2.21. The second-order valence-electron chi connectivity index (χ2n) is 4.36. The van der Waals surface area contributed by atoms with Gasteiger partial charge in [0.25, 0.3) is 5.91 Å². The molecule has 1 aromatic rings. The molecule has 1 heterocycles. The minimum absolute atomic E-state index is 0.0138. The van der Waals surface area contributed by atoms with Gasteiger partial charge in [-0.1, -0.05) is 27.5 Å². The molecule has 1 fully saturated rings. The first kappa shape index (κ1) is 14.3. The fraction of sp³-hybridized carbons (Fsp3) is 0.333. The predicted molar refractivity (Wildman–Crippen MR) is 72.2 cm³/mol. The highest BCUT2D eigenvalue weighted by Crippen LogP contribution is 2.24. The first-order chi connectivity index (χ1) is 8.88. The Morgan fingerprint density at radius 1 is 1.37 bits per heavy atom. The smallest absolute Gasteiger partial charge is 0.326 e. The highest BCUT2D eigenvalue weighted by molar-refractivity contribution is 9.10. The molecular weight excluding hydrogens is 337 g/mol. The minimum atomic E-state index is -1.12. The van der Waals surface area contributed by atoms with Crippen molar-refractivity contribution in [3.63, 3.8) is 0 Å². The molecule has 0 aliphatic carbocycles. The van der Waals surface area contributed by atoms with Gasteiger partial charge in [0.15, 0.2) is 0 Å². The van der Waals surface area contributed by atoms with E-state index in [0.717, 1.165) is 4.90 Å². The molecule has 1 saturated heterocycles. The third-order valence-corrected chi connectivity index (χ3v) is 3.61. The fourth-order valence-electron chi connectivity index (χ4n) is 2.12. The van der Waals surface area contributed by atoms with Crippen molar-refractivity contribution in [1.82, 2.24) is 4.90 Å². The van der Waals surface area contributed by atoms with Crippen LogP contribution in [0.1, 0.15) is 16.8 Å². The van der Waals surface area contributed by atoms with Gasteiger partial charge in [-0.2, -0.15) is 0 Å². The number of β-amino-alcohol motifs (C(OH)–C–C–N with tert-alkyl or cyclic N) is 1. The number of halogens is 2. The van der Waals surface area contributed by atoms with Crippen molar-refractivity contribution in [2.45, 2.75) is 18.6 Å². The number of carboxylic acids is 1. The molecular formula is C12H11BrClNO4. The van der Waals surface area contributed by atoms with E-state index < -0.39 is 24.0 Å². The maximum absolute atomic E-state index is 12.3. The number of likely N-dealkylation sites (tertiary alicyclic amines) is 1. The quantitative estimate of drug-likeness (QED) is 0.854. The number of nitrogens with zero attached hydrogens (tertiary/aromatic N) is 1. The van der Waals surface area contributed by atoms with E-state index in [1.807, 2.05) is 0 Å². The number of aliphatic carboxylic acids is 1. The molecule has 19 heavy (non-hydrogen) atoms. The van der Waals surface area contributed by atoms with E-state index in [0.29, 0.717) is 15.1 Å². The monoisotopic (exact) mass is 347 g/mol. The van der Waals surface area contributed by atoms with Gasteiger partial charge in [0.05, 0.1) is 6.10 Å². The number of aliphatic hydroxyl groups is 1. The highest BCUT2D eigenvalue weighted by Gasteiger charge is 2.39. The number of aliphatic hydroxyl groups excluding tert-OH is 1. The van der Waals surface area contributed by atoms with E-state index in [4.69, 9.17) is 16.7 Å². The first-order valence-corrected chi connectivity index (χ1v) is 6.73. The number of benzene rings is 1. The summed E-state index contributed by atoms with van der Waals surface area (Å²) in [5.41, 5.74) is 0.291. The number of carbonyl (C=O) groups excluding carboxylic acids is 1. The minimum Gasteiger partial charge on any atom is -0.480 e. The summed E-state index contributed by atoms with van der Waals surface area (Å²) in [6, 6.07) is 3.67. The van der Waals surface area contributed by atoms with Crippen LogP contribution >= 0.6 is 27.5 Å². The molecule has 0 aromatic heterocycles. The van der Waals surface area contributed by atoms with Gasteiger partial charge >= 0.3 is 5.97 Å². The second-order valence-corrected chi connectivity index (χ2v) is 5.71. The van der Waals surface area contributed by atoms with Crippen molar-refractivity contribution < 1.29 is 19.8 Å². The molecule has 1 amide bonds. The zero-order valence-electron chi connectivity index (χ0n) is 9.72. The third kappa shape index (κ3) is 3.08. The summed E-state index contributed by atoms with van der Waals surface area (Å²) in [5, 5.41) is 19.0. The van der Waals surface area contributed by atoms with E-state index in [1.165, 1.54) is 6.07 Å². The maximum atomic E-state index is 12.3. The molecule has 2 atom stereocenters. The first-order valence-electron chi connectivity index (χ1n) is 5.56. The summed E-state index contributed by atoms with van der Waals surface area (Å²) in [4.78, 5) is 24.5. The Morgan fingerprint density at radius 2 is 2.05 bits per heavy atom. The molecule has 7 heteroatoms. The van der Waals surface area contributed by atoms with Crippen LogP contribution in [0.4, 0.5) is 0 Å². The molecule has 0 radical (unpaired) electrons. The Labute approximate surface area is 122 Å². The maximum Gasteiger partial charge on any atom is 0.326 e. The summed E-state index contributed by atoms with van der Waals surface area (Å²) < 4.78 is 0.634. The SMILES string of the molecule is O=C(O)[C@@H]1C[C@@H](O)CN1C(=O)c1cc(Cl)cc(Br)c1. The van der Waals surface area contributed by atoms with Crippen molar-refractivity contribution in [1.29, 1.82) is 0 Å². The van der Waals surface area contributed by atoms with Crippen molar-refractivity contribution in [3.8, 4) is 0 Å². The summed E-state index contributed by atoms with van der Waals surface area (Å²) >= 11 is 9.09. The van der Waals surface area contributed by atoms with Gasteiger partial charge in [0, 0.05) is 28.0 Å². The summed E-state index contributed by atoms with van der Waals surface area (Å²) in [6.45, 7) is 0.0138. The topological polar surface area (TPSA) is 77.8 Å². The van der Waals surface area contributed by atoms with Crippen LogP contribution in [-0.4, -0.2) is 45.7 Å². The Balaban J connectivity index is 2.30. The zero-order valence-corrected chi connectivity index (χ0v) is 12.1. The molecule has 1 aliphatic rings. The predicted octanol–water partition coefficient (Wildman–Crippen LogP) is 1.76. The Hall–Kier alpha value is -1.11. The van der Waals surface area contributed by atoms with Gasteiger partial charge in [-0.05, 0) is 18.2 Å². The van der Waals surface area contributed by atoms with Crippen molar-refractivity contribution in [2.24, 2.45) is 0 Å². The number of amides is 1. The third-order valence-electron chi connectivity index (χ3n) is 2.93. The Kier molecular flexibility index (Phi) is 4.13. The van der Waals surface area contributed by atoms with Crippen molar-refractivity contribution in [2.75, 3.05) is 6.54 Å². The molecule has 102 valence electrons. The number of carbonyl (C=O) groups is 2. The van der Waals surface area contributed by atoms with Crippen LogP contribution in [0, 0.1) is 0 Å². The number of hydrogen-bond donors (Lipinski definition) is 2. The van der Waals surface area contributed by atoms with Gasteiger partial charge < -0.3 is 15.1 Å². The molecule has 0 bridgehead atoms. The van der Waals surface area contributed by atoms with E-state index in [2.05, 4.69) is 15.9 Å². The van der Waals surface area contributed by atoms with Gasteiger partial charge in [0.2, 0.25) is 0 Å². The zero-order chi connectivity index (χ0) is 14.2. The van der Waals surface area contributed by atoms with Gasteiger partial charge in [-0.15, -0.1) is 0 Å². The average molecular weight is 349 g/mol. The molecule has 0 spiro atoms. The number of hydrogen-bond acceptors (Lipinski definition) is 3. The molecule has 2 N–H and O–H groups in total. The lowest BCUT2D eigenvalue weighted by atomic mass is 10.1. The van der Waals surface area contributed by atoms with Crippen LogP contribution in [-0.2, 0) is 4.79 Å². The molecule has 1 aliphatic heterocycles. The standard InChI is InChI=1S/C12H11BrClNO4/c13-7-1-6(2-8(14)3-7)11(17)15-5-9(16)4-10(15)12(18)19/h1-3,9-10,16H,4-5H2,(H,18,19)/t9-,10+/m1/s1. The second kappa shape index (κ2) is 5.48. The largest absolute Gasteiger partial charge is 0.480 e. The van der Waals surface area contributed by atoms with Crippen LogP contribution in [0.2, 0.25) is 5.02 Å². The summed E-state index contributed by atoms with van der Waals surface area (Å²) in [5.74, 6) is -1.57. The molecule has 0 saturated carbocycles. The van der Waals surface area contributed by atoms with Crippen molar-refractivity contribution in [3.05, 3.63) is 33.3 Å². The Bertz CT molecular complexity index is 516. The molecule has 2 rings (SSSR count). The normalized spacial score (nSPS) is 22.6. The molecule has 5 nitrogen and oxygen atoms in total. The lowest BCUT2D eigenvalue weighted by Crippen LogP contribution is -2.40. The van der Waals surface area contributed by atoms with Gasteiger partial charge in [-0.25, -0.2) is 4.79 Å². The number of rotatable bonds is 2. The highest BCUT2D eigenvalue weighted by atomic mass is 79.9. The van der Waals surface area contributed by atoms with E-state index in [1.54, 1.807) is 12.1 Å². The van der Waals surface area contributed by atoms with E-state index >= 15 is 0 Å². The van der Waals surface area contributed by atoms with Crippen LogP contribution in [0.15, 0.2) is 22.7 Å². The average Bonchev–Trinajstić information content (AvgIpc) is 2.69. The molecule has 0 unspecified atom stereocenters. The molecule has 1 aromatic carbocycles. The van der Waals surface area contributed by atoms with E-state index in [9.17, 15) is 14.7 Å². The summed E-state index contributed by atoms with van der Waals surface area (Å²) in [6.07, 6.45) is -0.768. The number of carboxylic acid groups (broad SMARTS) is 1.